The number of aliphatic hydroxyl groups is 1. The van der Waals surface area contributed by atoms with Crippen LogP contribution in [0.15, 0.2) is 24.3 Å². The highest BCUT2D eigenvalue weighted by Gasteiger charge is 2.40. The highest BCUT2D eigenvalue weighted by molar-refractivity contribution is 5.56. The highest BCUT2D eigenvalue weighted by Crippen LogP contribution is 2.45. The molecular formula is C31H46N2O6. The molecule has 0 aliphatic heterocycles. The first-order valence-corrected chi connectivity index (χ1v) is 13.5. The molecule has 8 heteroatoms. The molecule has 0 heterocycles. The first-order valence-electron chi connectivity index (χ1n) is 13.5. The fraction of sp³-hybridized carbons (Fsp3) is 0.581. The second kappa shape index (κ2) is 14.9. The van der Waals surface area contributed by atoms with Gasteiger partial charge < -0.3 is 33.7 Å². The van der Waals surface area contributed by atoms with Crippen LogP contribution in [0.25, 0.3) is 0 Å². The standard InChI is InChI=1S/C31H46N2O6/c1-10-11-22-14-26(35-5)27(36-6)15-23(22)12-13-33(4)19-25(34)18-31(20-32,21(2)3)24-16-28(37-7)30(39-9)29(17-24)38-8/h14-17,21,25,34H,10-13,18-19H2,1-9H3. The molecule has 0 aliphatic rings. The first kappa shape index (κ1) is 32.1. The topological polar surface area (TPSA) is 93.4 Å². The lowest BCUT2D eigenvalue weighted by molar-refractivity contribution is 0.0932. The van der Waals surface area contributed by atoms with Gasteiger partial charge in [0, 0.05) is 13.1 Å². The van der Waals surface area contributed by atoms with Crippen LogP contribution in [0.2, 0.25) is 0 Å². The molecule has 0 aromatic heterocycles. The third-order valence-electron chi connectivity index (χ3n) is 7.43. The Labute approximate surface area is 234 Å². The minimum atomic E-state index is -0.954. The fourth-order valence-corrected chi connectivity index (χ4v) is 5.16. The molecular weight excluding hydrogens is 496 g/mol. The van der Waals surface area contributed by atoms with E-state index in [-0.39, 0.29) is 12.3 Å². The second-order valence-corrected chi connectivity index (χ2v) is 10.2. The SMILES string of the molecule is CCCc1cc(OC)c(OC)cc1CCN(C)CC(O)CC(C#N)(c1cc(OC)c(OC)c(OC)c1)C(C)C. The Morgan fingerprint density at radius 2 is 1.36 bits per heavy atom. The van der Waals surface area contributed by atoms with Gasteiger partial charge in [0.2, 0.25) is 5.75 Å². The highest BCUT2D eigenvalue weighted by atomic mass is 16.5. The van der Waals surface area contributed by atoms with Gasteiger partial charge in [-0.1, -0.05) is 27.2 Å². The van der Waals surface area contributed by atoms with E-state index in [0.29, 0.717) is 23.8 Å². The number of hydrogen-bond donors (Lipinski definition) is 1. The number of nitrogens with zero attached hydrogens (tertiary/aromatic N) is 2. The van der Waals surface area contributed by atoms with Crippen molar-refractivity contribution >= 4 is 0 Å². The average molecular weight is 543 g/mol. The summed E-state index contributed by atoms with van der Waals surface area (Å²) >= 11 is 0. The maximum Gasteiger partial charge on any atom is 0.203 e. The van der Waals surface area contributed by atoms with Crippen molar-refractivity contribution in [1.82, 2.24) is 4.90 Å². The van der Waals surface area contributed by atoms with Crippen molar-refractivity contribution in [3.63, 3.8) is 0 Å². The molecule has 0 spiro atoms. The van der Waals surface area contributed by atoms with E-state index in [2.05, 4.69) is 30.0 Å². The molecule has 2 aromatic carbocycles. The van der Waals surface area contributed by atoms with Crippen LogP contribution in [-0.2, 0) is 18.3 Å². The van der Waals surface area contributed by atoms with Crippen LogP contribution in [0.1, 0.15) is 50.3 Å². The number of methoxy groups -OCH3 is 5. The lowest BCUT2D eigenvalue weighted by Crippen LogP contribution is -2.39. The van der Waals surface area contributed by atoms with Gasteiger partial charge in [0.15, 0.2) is 23.0 Å². The minimum absolute atomic E-state index is 0.0753. The van der Waals surface area contributed by atoms with E-state index in [1.54, 1.807) is 35.5 Å². The molecule has 216 valence electrons. The van der Waals surface area contributed by atoms with Gasteiger partial charge in [0.05, 0.1) is 53.1 Å². The Kier molecular flexibility index (Phi) is 12.2. The quantitative estimate of drug-likeness (QED) is 0.316. The van der Waals surface area contributed by atoms with Crippen molar-refractivity contribution in [2.24, 2.45) is 5.92 Å². The number of benzene rings is 2. The smallest absolute Gasteiger partial charge is 0.203 e. The van der Waals surface area contributed by atoms with E-state index in [4.69, 9.17) is 23.7 Å². The molecule has 0 bridgehead atoms. The van der Waals surface area contributed by atoms with E-state index < -0.39 is 11.5 Å². The number of likely N-dealkylation sites (N-methyl/N-ethyl adjacent to an activating group) is 1. The summed E-state index contributed by atoms with van der Waals surface area (Å²) < 4.78 is 27.6. The number of hydrogen-bond acceptors (Lipinski definition) is 8. The number of nitriles is 1. The predicted molar refractivity (Wildman–Crippen MR) is 154 cm³/mol. The zero-order chi connectivity index (χ0) is 29.2. The molecule has 8 nitrogen and oxygen atoms in total. The summed E-state index contributed by atoms with van der Waals surface area (Å²) in [6.45, 7) is 7.32. The number of aliphatic hydroxyl groups excluding tert-OH is 1. The molecule has 1 N–H and O–H groups in total. The van der Waals surface area contributed by atoms with E-state index in [0.717, 1.165) is 42.9 Å². The van der Waals surface area contributed by atoms with Gasteiger partial charge >= 0.3 is 0 Å². The van der Waals surface area contributed by atoms with Crippen LogP contribution >= 0.6 is 0 Å². The van der Waals surface area contributed by atoms with Crippen molar-refractivity contribution in [1.29, 1.82) is 5.26 Å². The van der Waals surface area contributed by atoms with Crippen LogP contribution in [-0.4, -0.2) is 71.8 Å². The summed E-state index contributed by atoms with van der Waals surface area (Å²) in [5.41, 5.74) is 2.23. The lowest BCUT2D eigenvalue weighted by Gasteiger charge is -2.35. The largest absolute Gasteiger partial charge is 0.493 e. The summed E-state index contributed by atoms with van der Waals surface area (Å²) in [4.78, 5) is 2.11. The Hall–Kier alpha value is -3.15. The molecule has 39 heavy (non-hydrogen) atoms. The van der Waals surface area contributed by atoms with E-state index >= 15 is 0 Å². The number of ether oxygens (including phenoxy) is 5. The summed E-state index contributed by atoms with van der Waals surface area (Å²) in [7, 11) is 9.95. The molecule has 0 fully saturated rings. The molecule has 2 atom stereocenters. The van der Waals surface area contributed by atoms with Crippen molar-refractivity contribution in [3.05, 3.63) is 41.0 Å². The van der Waals surface area contributed by atoms with Crippen LogP contribution in [0.5, 0.6) is 28.7 Å². The maximum absolute atomic E-state index is 11.2. The maximum atomic E-state index is 11.2. The molecule has 0 amide bonds. The van der Waals surface area contributed by atoms with Crippen molar-refractivity contribution in [2.45, 2.75) is 58.0 Å². The zero-order valence-electron chi connectivity index (χ0n) is 25.1. The predicted octanol–water partition coefficient (Wildman–Crippen LogP) is 5.02. The fourth-order valence-electron chi connectivity index (χ4n) is 5.16. The Morgan fingerprint density at radius 3 is 1.77 bits per heavy atom. The van der Waals surface area contributed by atoms with Crippen LogP contribution in [0, 0.1) is 17.2 Å². The molecule has 2 aromatic rings. The van der Waals surface area contributed by atoms with Gasteiger partial charge in [-0.2, -0.15) is 5.26 Å². The van der Waals surface area contributed by atoms with Crippen molar-refractivity contribution in [3.8, 4) is 34.8 Å². The molecule has 0 saturated heterocycles. The van der Waals surface area contributed by atoms with Crippen LogP contribution < -0.4 is 23.7 Å². The first-order chi connectivity index (χ1) is 18.6. The van der Waals surface area contributed by atoms with Crippen molar-refractivity contribution in [2.75, 3.05) is 55.7 Å². The van der Waals surface area contributed by atoms with Gasteiger partial charge in [0.25, 0.3) is 0 Å². The minimum Gasteiger partial charge on any atom is -0.493 e. The van der Waals surface area contributed by atoms with Gasteiger partial charge in [-0.3, -0.25) is 0 Å². The number of rotatable bonds is 16. The molecule has 2 rings (SSSR count). The van der Waals surface area contributed by atoms with Gasteiger partial charge in [-0.25, -0.2) is 0 Å². The Balaban J connectivity index is 2.24. The monoisotopic (exact) mass is 542 g/mol. The molecule has 0 radical (unpaired) electrons. The summed E-state index contributed by atoms with van der Waals surface area (Å²) in [6.07, 6.45) is 2.33. The molecule has 2 unspecified atom stereocenters. The van der Waals surface area contributed by atoms with E-state index in [1.807, 2.05) is 33.0 Å². The normalized spacial score (nSPS) is 13.5. The van der Waals surface area contributed by atoms with Crippen molar-refractivity contribution < 1.29 is 28.8 Å². The summed E-state index contributed by atoms with van der Waals surface area (Å²) in [6, 6.07) is 10.3. The van der Waals surface area contributed by atoms with Gasteiger partial charge in [-0.15, -0.1) is 0 Å². The van der Waals surface area contributed by atoms with E-state index in [9.17, 15) is 10.4 Å². The zero-order valence-corrected chi connectivity index (χ0v) is 25.1. The average Bonchev–Trinajstić information content (AvgIpc) is 2.93. The summed E-state index contributed by atoms with van der Waals surface area (Å²) in [5, 5.41) is 21.7. The van der Waals surface area contributed by atoms with Gasteiger partial charge in [-0.05, 0) is 73.2 Å². The van der Waals surface area contributed by atoms with Crippen LogP contribution in [0.4, 0.5) is 0 Å². The molecule has 0 saturated carbocycles. The Bertz CT molecular complexity index is 1090. The van der Waals surface area contributed by atoms with Crippen LogP contribution in [0.3, 0.4) is 0 Å². The van der Waals surface area contributed by atoms with E-state index in [1.165, 1.54) is 11.1 Å². The third kappa shape index (κ3) is 7.49. The summed E-state index contributed by atoms with van der Waals surface area (Å²) in [5.74, 6) is 2.82. The second-order valence-electron chi connectivity index (χ2n) is 10.2. The Morgan fingerprint density at radius 1 is 0.846 bits per heavy atom. The number of aryl methyl sites for hydroxylation is 1. The lowest BCUT2D eigenvalue weighted by atomic mass is 9.69. The molecule has 0 aliphatic carbocycles. The van der Waals surface area contributed by atoms with Gasteiger partial charge in [0.1, 0.15) is 0 Å². The third-order valence-corrected chi connectivity index (χ3v) is 7.43.